The van der Waals surface area contributed by atoms with Gasteiger partial charge in [-0.25, -0.2) is 21.6 Å². The van der Waals surface area contributed by atoms with Crippen molar-refractivity contribution in [3.05, 3.63) is 89.5 Å². The molecule has 19 heteroatoms. The minimum Gasteiger partial charge on any atom is -0.380 e. The summed E-state index contributed by atoms with van der Waals surface area (Å²) in [6.07, 6.45) is 11.3. The van der Waals surface area contributed by atoms with E-state index in [1.807, 2.05) is 35.1 Å². The minimum atomic E-state index is -6.08. The molecule has 72 heavy (non-hydrogen) atoms. The summed E-state index contributed by atoms with van der Waals surface area (Å²) >= 11 is 1.45. The minimum absolute atomic E-state index is 0.0147. The molecule has 0 spiro atoms. The van der Waals surface area contributed by atoms with Gasteiger partial charge in [0.25, 0.3) is 25.8 Å². The number of carbonyl (C=O) groups excluding carboxylic acids is 2. The largest absolute Gasteiger partial charge is 0.501 e. The van der Waals surface area contributed by atoms with Crippen molar-refractivity contribution in [3.8, 4) is 0 Å². The lowest BCUT2D eigenvalue weighted by molar-refractivity contribution is -0.182. The van der Waals surface area contributed by atoms with Crippen molar-refractivity contribution in [2.24, 2.45) is 22.0 Å². The highest BCUT2D eigenvalue weighted by Gasteiger charge is 2.68. The lowest BCUT2D eigenvalue weighted by Gasteiger charge is -2.73. The number of rotatable bonds is 22. The molecule has 5 fully saturated rings. The van der Waals surface area contributed by atoms with Gasteiger partial charge in [0, 0.05) is 99.8 Å². The van der Waals surface area contributed by atoms with E-state index >= 15 is 0 Å². The number of amides is 2. The van der Waals surface area contributed by atoms with Gasteiger partial charge in [-0.3, -0.25) is 14.5 Å². The molecular weight excluding hydrogens is 984 g/mol. The fourth-order valence-electron chi connectivity index (χ4n) is 11.7. The Morgan fingerprint density at radius 3 is 2.08 bits per heavy atom. The number of primary amides is 1. The predicted octanol–water partition coefficient (Wildman–Crippen LogP) is 8.54. The second kappa shape index (κ2) is 22.0. The van der Waals surface area contributed by atoms with Gasteiger partial charge in [0.15, 0.2) is 0 Å². The van der Waals surface area contributed by atoms with Crippen molar-refractivity contribution in [3.63, 3.8) is 0 Å². The van der Waals surface area contributed by atoms with E-state index in [9.17, 15) is 39.6 Å². The van der Waals surface area contributed by atoms with E-state index in [2.05, 4.69) is 45.7 Å². The summed E-state index contributed by atoms with van der Waals surface area (Å²) in [5.74, 6) is -0.968. The standard InChI is InChI=1S/C53H72F3N7O6S3/c1-4-51-36-52(37-51,38-51)45-33-50(2,3)21-19-40(45)34-62-28-30-63(31-29-62)42-15-13-39(14-16-42)49(65)59-72(68,69)44-17-18-46(47(32-44)71(66,67)53(54,55)56)58-41(35-70-43-10-6-5-7-11-43)20-23-61-26-24-60(25-27-61)22-9-8-12-48(57)64/h5-7,10-11,13-18,32,41,58H,4,8-9,12,19-31,33-38H2,1-3H3,(H2,57,64)(H,59,65)/t41-,51?,52?/m1/s1. The van der Waals surface area contributed by atoms with Crippen LogP contribution >= 0.6 is 11.8 Å². The first kappa shape index (κ1) is 54.1. The number of halogens is 3. The molecular formula is C53H72F3N7O6S3. The monoisotopic (exact) mass is 1060 g/mol. The van der Waals surface area contributed by atoms with E-state index < -0.39 is 52.8 Å². The Labute approximate surface area is 428 Å². The van der Waals surface area contributed by atoms with Gasteiger partial charge in [-0.05, 0) is 135 Å². The summed E-state index contributed by atoms with van der Waals surface area (Å²) in [5.41, 5.74) is 4.81. The number of alkyl halides is 3. The van der Waals surface area contributed by atoms with E-state index in [1.54, 1.807) is 23.3 Å². The van der Waals surface area contributed by atoms with Gasteiger partial charge < -0.3 is 25.8 Å². The highest BCUT2D eigenvalue weighted by atomic mass is 32.2. The predicted molar refractivity (Wildman–Crippen MR) is 278 cm³/mol. The van der Waals surface area contributed by atoms with Crippen molar-refractivity contribution < 1.29 is 39.6 Å². The molecule has 2 heterocycles. The fraction of sp³-hybridized carbons (Fsp3) is 0.585. The number of nitrogens with two attached hydrogens (primary N) is 1. The molecule has 13 nitrogen and oxygen atoms in total. The van der Waals surface area contributed by atoms with E-state index in [-0.39, 0.29) is 11.5 Å². The molecule has 1 atom stereocenters. The van der Waals surface area contributed by atoms with Crippen LogP contribution in [0.15, 0.2) is 98.6 Å². The van der Waals surface area contributed by atoms with Crippen molar-refractivity contribution in [2.75, 3.05) is 88.0 Å². The first-order valence-electron chi connectivity index (χ1n) is 25.6. The number of allylic oxidation sites excluding steroid dienone is 1. The molecule has 2 aliphatic heterocycles. The van der Waals surface area contributed by atoms with Gasteiger partial charge >= 0.3 is 5.51 Å². The lowest BCUT2D eigenvalue weighted by Crippen LogP contribution is -2.63. The van der Waals surface area contributed by atoms with Gasteiger partial charge in [-0.1, -0.05) is 56.5 Å². The maximum absolute atomic E-state index is 14.3. The first-order valence-corrected chi connectivity index (χ1v) is 29.5. The van der Waals surface area contributed by atoms with Crippen LogP contribution in [0.1, 0.15) is 102 Å². The van der Waals surface area contributed by atoms with Crippen molar-refractivity contribution in [2.45, 2.75) is 118 Å². The van der Waals surface area contributed by atoms with E-state index in [1.165, 1.54) is 68.8 Å². The second-order valence-electron chi connectivity index (χ2n) is 21.8. The number of carbonyl (C=O) groups is 2. The fourth-order valence-corrected chi connectivity index (χ4v) is 14.8. The number of benzene rings is 3. The van der Waals surface area contributed by atoms with Gasteiger partial charge in [-0.15, -0.1) is 11.8 Å². The third kappa shape index (κ3) is 12.7. The van der Waals surface area contributed by atoms with Crippen LogP contribution in [0.4, 0.5) is 24.5 Å². The molecule has 0 aromatic heterocycles. The molecule has 2 saturated heterocycles. The molecule has 4 aliphatic carbocycles. The summed E-state index contributed by atoms with van der Waals surface area (Å²) in [4.78, 5) is 32.7. The molecule has 4 N–H and O–H groups in total. The number of nitrogens with zero attached hydrogens (tertiary/aromatic N) is 4. The Morgan fingerprint density at radius 2 is 1.46 bits per heavy atom. The Balaban J connectivity index is 0.901. The zero-order valence-corrected chi connectivity index (χ0v) is 44.4. The van der Waals surface area contributed by atoms with Crippen LogP contribution in [0.25, 0.3) is 0 Å². The summed E-state index contributed by atoms with van der Waals surface area (Å²) in [6.45, 7) is 16.0. The molecule has 6 aliphatic rings. The van der Waals surface area contributed by atoms with Crippen LogP contribution in [0.2, 0.25) is 0 Å². The third-order valence-corrected chi connectivity index (χ3v) is 20.1. The number of thioether (sulfide) groups is 1. The van der Waals surface area contributed by atoms with Crippen LogP contribution in [0.5, 0.6) is 0 Å². The van der Waals surface area contributed by atoms with Gasteiger partial charge in [-0.2, -0.15) is 13.2 Å². The summed E-state index contributed by atoms with van der Waals surface area (Å²) in [7, 11) is -10.9. The van der Waals surface area contributed by atoms with Crippen molar-refractivity contribution >= 4 is 54.8 Å². The summed E-state index contributed by atoms with van der Waals surface area (Å²) in [6, 6.07) is 17.9. The van der Waals surface area contributed by atoms with E-state index in [0.717, 1.165) is 101 Å². The number of sulfone groups is 1. The molecule has 3 saturated carbocycles. The number of hydrogen-bond acceptors (Lipinski definition) is 12. The van der Waals surface area contributed by atoms with Crippen LogP contribution in [0, 0.1) is 16.2 Å². The molecule has 0 radical (unpaired) electrons. The number of anilines is 2. The number of hydrogen-bond donors (Lipinski definition) is 3. The van der Waals surface area contributed by atoms with Gasteiger partial charge in [0.2, 0.25) is 5.91 Å². The Bertz CT molecular complexity index is 2650. The number of sulfonamides is 1. The van der Waals surface area contributed by atoms with E-state index in [4.69, 9.17) is 5.73 Å². The Kier molecular flexibility index (Phi) is 16.5. The molecule has 2 bridgehead atoms. The zero-order valence-electron chi connectivity index (χ0n) is 41.9. The third-order valence-electron chi connectivity index (χ3n) is 16.0. The van der Waals surface area contributed by atoms with Crippen LogP contribution < -0.4 is 20.7 Å². The van der Waals surface area contributed by atoms with Gasteiger partial charge in [0.05, 0.1) is 10.6 Å². The Morgan fingerprint density at radius 1 is 0.819 bits per heavy atom. The molecule has 2 amide bonds. The van der Waals surface area contributed by atoms with Crippen molar-refractivity contribution in [1.29, 1.82) is 0 Å². The summed E-state index contributed by atoms with van der Waals surface area (Å²) in [5, 5.41) is 3.04. The quantitative estimate of drug-likeness (QED) is 0.0500. The molecule has 3 aromatic rings. The van der Waals surface area contributed by atoms with Crippen LogP contribution in [-0.4, -0.2) is 133 Å². The smallest absolute Gasteiger partial charge is 0.380 e. The van der Waals surface area contributed by atoms with Crippen LogP contribution in [0.3, 0.4) is 0 Å². The van der Waals surface area contributed by atoms with E-state index in [0.29, 0.717) is 47.5 Å². The average Bonchev–Trinajstić information content (AvgIpc) is 3.31. The van der Waals surface area contributed by atoms with Gasteiger partial charge in [0.1, 0.15) is 4.90 Å². The molecule has 0 unspecified atom stereocenters. The summed E-state index contributed by atoms with van der Waals surface area (Å²) < 4.78 is 98.8. The number of piperazine rings is 2. The van der Waals surface area contributed by atoms with Crippen LogP contribution in [-0.2, 0) is 24.7 Å². The SMILES string of the molecule is CCC12CC(C3=C(CN4CCN(c5ccc(C(=O)NS(=O)(=O)c6ccc(N[C@H](CCN7CCN(CCCCC(N)=O)CC7)CSc7ccccc7)c(S(=O)(=O)C(F)(F)F)c6)cc5)CC4)CCC(C)(C)C3)(C1)C2. The lowest BCUT2D eigenvalue weighted by atomic mass is 9.31. The zero-order chi connectivity index (χ0) is 51.5. The topological polar surface area (TPSA) is 165 Å². The number of unbranched alkanes of at least 4 members (excludes halogenated alkanes) is 1. The molecule has 3 aromatic carbocycles. The number of nitrogens with one attached hydrogen (secondary N) is 2. The normalized spacial score (nSPS) is 23.5. The molecule has 394 valence electrons. The second-order valence-corrected chi connectivity index (χ2v) is 26.5. The maximum Gasteiger partial charge on any atom is 0.501 e. The highest BCUT2D eigenvalue weighted by molar-refractivity contribution is 7.99. The maximum atomic E-state index is 14.3. The first-order chi connectivity index (χ1) is 34.1. The molecule has 9 rings (SSSR count). The highest BCUT2D eigenvalue weighted by Crippen LogP contribution is 2.79. The van der Waals surface area contributed by atoms with Crippen molar-refractivity contribution in [1.82, 2.24) is 19.4 Å². The average molecular weight is 1060 g/mol. The Hall–Kier alpha value is -4.14.